The number of nitrogens with one attached hydrogen (secondary N) is 1. The first-order valence-corrected chi connectivity index (χ1v) is 14.2. The molecule has 0 saturated heterocycles. The Morgan fingerprint density at radius 3 is 1.91 bits per heavy atom. The fourth-order valence-corrected chi connectivity index (χ4v) is 4.87. The van der Waals surface area contributed by atoms with Crippen LogP contribution in [-0.4, -0.2) is 46.4 Å². The van der Waals surface area contributed by atoms with Gasteiger partial charge in [-0.3, -0.25) is 4.79 Å². The third-order valence-electron chi connectivity index (χ3n) is 6.17. The van der Waals surface area contributed by atoms with Gasteiger partial charge in [0.25, 0.3) is 5.91 Å². The summed E-state index contributed by atoms with van der Waals surface area (Å²) in [6.45, 7) is 8.39. The lowest BCUT2D eigenvalue weighted by atomic mass is 9.86. The summed E-state index contributed by atoms with van der Waals surface area (Å²) in [5, 5.41) is 22.9. The van der Waals surface area contributed by atoms with Crippen molar-refractivity contribution in [2.45, 2.75) is 116 Å². The maximum Gasteiger partial charge on any atom is 0.251 e. The molecule has 0 spiro atoms. The standard InChI is InChI=1S/C28H49NO3S/c1-5-6-7-8-9-10-11-12-13-14-15-20-33-22-26(31)25(21-30)29-27(32)23-16-18-24(19-17-23)28(2,3)4/h16-19,25-26,30-31H,5-15,20-22H2,1-4H3,(H,29,32)/t25-,26+/m0/s1. The number of benzene rings is 1. The number of thioether (sulfide) groups is 1. The molecular formula is C28H49NO3S. The van der Waals surface area contributed by atoms with E-state index < -0.39 is 12.1 Å². The van der Waals surface area contributed by atoms with Crippen LogP contribution < -0.4 is 5.32 Å². The van der Waals surface area contributed by atoms with E-state index in [-0.39, 0.29) is 17.9 Å². The summed E-state index contributed by atoms with van der Waals surface area (Å²) in [5.41, 5.74) is 1.74. The molecule has 0 heterocycles. The molecule has 0 aliphatic heterocycles. The fourth-order valence-electron chi connectivity index (χ4n) is 3.83. The van der Waals surface area contributed by atoms with Gasteiger partial charge in [-0.15, -0.1) is 0 Å². The second-order valence-corrected chi connectivity index (χ2v) is 11.4. The Bertz CT molecular complexity index is 627. The summed E-state index contributed by atoms with van der Waals surface area (Å²) in [7, 11) is 0. The second kappa shape index (κ2) is 17.4. The zero-order valence-corrected chi connectivity index (χ0v) is 22.4. The maximum absolute atomic E-state index is 12.5. The van der Waals surface area contributed by atoms with Crippen LogP contribution in [-0.2, 0) is 5.41 Å². The Kier molecular flexibility index (Phi) is 15.8. The van der Waals surface area contributed by atoms with E-state index in [1.807, 2.05) is 12.1 Å². The van der Waals surface area contributed by atoms with Crippen molar-refractivity contribution in [3.8, 4) is 0 Å². The van der Waals surface area contributed by atoms with Crippen molar-refractivity contribution in [3.63, 3.8) is 0 Å². The van der Waals surface area contributed by atoms with Gasteiger partial charge in [0.15, 0.2) is 0 Å². The zero-order valence-electron chi connectivity index (χ0n) is 21.6. The van der Waals surface area contributed by atoms with E-state index in [1.54, 1.807) is 23.9 Å². The van der Waals surface area contributed by atoms with Gasteiger partial charge in [-0.05, 0) is 35.3 Å². The first kappa shape index (κ1) is 30.0. The van der Waals surface area contributed by atoms with Gasteiger partial charge in [-0.2, -0.15) is 11.8 Å². The molecule has 0 bridgehead atoms. The highest BCUT2D eigenvalue weighted by atomic mass is 32.2. The number of amides is 1. The Labute approximate surface area is 207 Å². The second-order valence-electron chi connectivity index (χ2n) is 10.3. The molecule has 1 rings (SSSR count). The fraction of sp³-hybridized carbons (Fsp3) is 0.750. The normalized spacial score (nSPS) is 13.6. The van der Waals surface area contributed by atoms with Gasteiger partial charge in [-0.1, -0.05) is 104 Å². The minimum Gasteiger partial charge on any atom is -0.394 e. The minimum absolute atomic E-state index is 0.0317. The Morgan fingerprint density at radius 2 is 1.42 bits per heavy atom. The number of aliphatic hydroxyl groups excluding tert-OH is 2. The highest BCUT2D eigenvalue weighted by Crippen LogP contribution is 2.22. The van der Waals surface area contributed by atoms with E-state index in [4.69, 9.17) is 0 Å². The molecule has 0 saturated carbocycles. The molecule has 0 unspecified atom stereocenters. The van der Waals surface area contributed by atoms with Crippen molar-refractivity contribution in [1.29, 1.82) is 0 Å². The van der Waals surface area contributed by atoms with Gasteiger partial charge in [0, 0.05) is 11.3 Å². The predicted octanol–water partition coefficient (Wildman–Crippen LogP) is 6.48. The molecule has 0 aliphatic rings. The number of carbonyl (C=O) groups is 1. The van der Waals surface area contributed by atoms with E-state index in [1.165, 1.54) is 64.2 Å². The van der Waals surface area contributed by atoms with Gasteiger partial charge in [-0.25, -0.2) is 0 Å². The van der Waals surface area contributed by atoms with Crippen molar-refractivity contribution in [2.24, 2.45) is 0 Å². The number of carbonyl (C=O) groups excluding carboxylic acids is 1. The summed E-state index contributed by atoms with van der Waals surface area (Å²) < 4.78 is 0. The molecule has 33 heavy (non-hydrogen) atoms. The average Bonchev–Trinajstić information content (AvgIpc) is 2.79. The van der Waals surface area contributed by atoms with E-state index in [2.05, 4.69) is 33.0 Å². The SMILES string of the molecule is CCCCCCCCCCCCCSC[C@@H](O)[C@H](CO)NC(=O)c1ccc(C(C)(C)C)cc1. The molecule has 2 atom stereocenters. The van der Waals surface area contributed by atoms with Gasteiger partial charge < -0.3 is 15.5 Å². The van der Waals surface area contributed by atoms with Crippen molar-refractivity contribution >= 4 is 17.7 Å². The largest absolute Gasteiger partial charge is 0.394 e. The van der Waals surface area contributed by atoms with Gasteiger partial charge in [0.1, 0.15) is 0 Å². The van der Waals surface area contributed by atoms with E-state index in [0.29, 0.717) is 11.3 Å². The Hall–Kier alpha value is -1.04. The molecule has 0 radical (unpaired) electrons. The summed E-state index contributed by atoms with van der Waals surface area (Å²) in [6, 6.07) is 6.88. The lowest BCUT2D eigenvalue weighted by Gasteiger charge is -2.23. The van der Waals surface area contributed by atoms with E-state index in [9.17, 15) is 15.0 Å². The van der Waals surface area contributed by atoms with Crippen LogP contribution in [0.3, 0.4) is 0 Å². The number of rotatable bonds is 18. The quantitative estimate of drug-likeness (QED) is 0.211. The monoisotopic (exact) mass is 479 g/mol. The average molecular weight is 480 g/mol. The third-order valence-corrected chi connectivity index (χ3v) is 7.33. The molecule has 5 heteroatoms. The van der Waals surface area contributed by atoms with Crippen LogP contribution in [0.15, 0.2) is 24.3 Å². The summed E-state index contributed by atoms with van der Waals surface area (Å²) in [6.07, 6.45) is 13.9. The highest BCUT2D eigenvalue weighted by Gasteiger charge is 2.21. The predicted molar refractivity (Wildman–Crippen MR) is 143 cm³/mol. The first-order valence-electron chi connectivity index (χ1n) is 13.1. The van der Waals surface area contributed by atoms with Crippen LogP contribution in [0.5, 0.6) is 0 Å². The molecule has 4 nitrogen and oxygen atoms in total. The van der Waals surface area contributed by atoms with E-state index >= 15 is 0 Å². The number of aliphatic hydroxyl groups is 2. The molecule has 1 amide bonds. The van der Waals surface area contributed by atoms with Crippen LogP contribution in [0.2, 0.25) is 0 Å². The van der Waals surface area contributed by atoms with Crippen LogP contribution in [0.1, 0.15) is 114 Å². The Morgan fingerprint density at radius 1 is 0.909 bits per heavy atom. The van der Waals surface area contributed by atoms with Crippen LogP contribution in [0.4, 0.5) is 0 Å². The van der Waals surface area contributed by atoms with Gasteiger partial charge >= 0.3 is 0 Å². The zero-order chi connectivity index (χ0) is 24.5. The number of hydrogen-bond acceptors (Lipinski definition) is 4. The molecule has 0 aromatic heterocycles. The molecule has 1 aromatic rings. The van der Waals surface area contributed by atoms with E-state index in [0.717, 1.165) is 17.7 Å². The smallest absolute Gasteiger partial charge is 0.251 e. The molecule has 1 aromatic carbocycles. The van der Waals surface area contributed by atoms with Crippen molar-refractivity contribution in [1.82, 2.24) is 5.32 Å². The van der Waals surface area contributed by atoms with Crippen molar-refractivity contribution < 1.29 is 15.0 Å². The lowest BCUT2D eigenvalue weighted by molar-refractivity contribution is 0.0769. The molecule has 3 N–H and O–H groups in total. The van der Waals surface area contributed by atoms with Crippen LogP contribution in [0, 0.1) is 0 Å². The summed E-state index contributed by atoms with van der Waals surface area (Å²) in [4.78, 5) is 12.5. The van der Waals surface area contributed by atoms with Crippen molar-refractivity contribution in [3.05, 3.63) is 35.4 Å². The van der Waals surface area contributed by atoms with Gasteiger partial charge in [0.2, 0.25) is 0 Å². The lowest BCUT2D eigenvalue weighted by Crippen LogP contribution is -2.47. The molecular weight excluding hydrogens is 430 g/mol. The van der Waals surface area contributed by atoms with Crippen LogP contribution >= 0.6 is 11.8 Å². The third kappa shape index (κ3) is 13.4. The highest BCUT2D eigenvalue weighted by molar-refractivity contribution is 7.99. The summed E-state index contributed by atoms with van der Waals surface area (Å²) in [5.74, 6) is 1.27. The Balaban J connectivity index is 2.17. The molecule has 0 fully saturated rings. The van der Waals surface area contributed by atoms with Crippen LogP contribution in [0.25, 0.3) is 0 Å². The number of unbranched alkanes of at least 4 members (excludes halogenated alkanes) is 10. The number of hydrogen-bond donors (Lipinski definition) is 3. The van der Waals surface area contributed by atoms with Gasteiger partial charge in [0.05, 0.1) is 18.8 Å². The van der Waals surface area contributed by atoms with Crippen molar-refractivity contribution in [2.75, 3.05) is 18.1 Å². The topological polar surface area (TPSA) is 69.6 Å². The minimum atomic E-state index is -0.759. The molecule has 190 valence electrons. The summed E-state index contributed by atoms with van der Waals surface area (Å²) >= 11 is 1.70. The first-order chi connectivity index (χ1) is 15.8. The molecule has 0 aliphatic carbocycles. The maximum atomic E-state index is 12.5.